The highest BCUT2D eigenvalue weighted by Gasteiger charge is 2.33. The van der Waals surface area contributed by atoms with Gasteiger partial charge in [-0.1, -0.05) is 34.1 Å². The summed E-state index contributed by atoms with van der Waals surface area (Å²) in [6.07, 6.45) is -3.56. The summed E-state index contributed by atoms with van der Waals surface area (Å²) in [7, 11) is 0. The molecule has 0 aliphatic rings. The molecule has 1 N–H and O–H groups in total. The lowest BCUT2D eigenvalue weighted by Crippen LogP contribution is -2.14. The highest BCUT2D eigenvalue weighted by atomic mass is 79.9. The first-order valence-corrected chi connectivity index (χ1v) is 10.6. The fourth-order valence-electron chi connectivity index (χ4n) is 2.97. The fraction of sp³-hybridized carbons (Fsp3) is 0.0833. The third kappa shape index (κ3) is 6.24. The predicted molar refractivity (Wildman–Crippen MR) is 126 cm³/mol. The summed E-state index contributed by atoms with van der Waals surface area (Å²) < 4.78 is 45.1. The first-order valence-electron chi connectivity index (χ1n) is 9.81. The molecule has 3 aromatic rings. The van der Waals surface area contributed by atoms with Crippen LogP contribution in [0.5, 0.6) is 11.5 Å². The van der Waals surface area contributed by atoms with Gasteiger partial charge >= 0.3 is 11.9 Å². The second-order valence-corrected chi connectivity index (χ2v) is 8.08. The number of hydrogen-bond acceptors (Lipinski definition) is 5. The highest BCUT2D eigenvalue weighted by molar-refractivity contribution is 9.10. The van der Waals surface area contributed by atoms with Crippen LogP contribution >= 0.6 is 15.9 Å². The minimum atomic E-state index is -4.78. The van der Waals surface area contributed by atoms with E-state index >= 15 is 0 Å². The number of nitrogens with zero attached hydrogens (tertiary/aromatic N) is 2. The monoisotopic (exact) mass is 545 g/mol. The normalized spacial score (nSPS) is 11.5. The molecule has 0 saturated heterocycles. The van der Waals surface area contributed by atoms with E-state index in [1.54, 1.807) is 37.3 Å². The Morgan fingerprint density at radius 3 is 2.46 bits per heavy atom. The Bertz CT molecular complexity index is 1380. The van der Waals surface area contributed by atoms with Crippen LogP contribution in [-0.2, 0) is 11.0 Å². The van der Waals surface area contributed by atoms with Gasteiger partial charge in [-0.2, -0.15) is 18.4 Å². The van der Waals surface area contributed by atoms with Crippen LogP contribution in [0.2, 0.25) is 0 Å². The van der Waals surface area contributed by atoms with Gasteiger partial charge in [0.15, 0.2) is 0 Å². The quantitative estimate of drug-likeness (QED) is 0.155. The van der Waals surface area contributed by atoms with Crippen molar-refractivity contribution in [2.24, 2.45) is 0 Å². The number of carbonyl (C=O) groups is 1. The van der Waals surface area contributed by atoms with Crippen LogP contribution in [0.4, 0.5) is 24.5 Å². The molecule has 11 heteroatoms. The number of hydrogen-bond donors (Lipinski definition) is 1. The number of para-hydroxylation sites is 1. The molecule has 0 saturated carbocycles. The van der Waals surface area contributed by atoms with Crippen molar-refractivity contribution in [3.05, 3.63) is 97.5 Å². The summed E-state index contributed by atoms with van der Waals surface area (Å²) in [5.41, 5.74) is -0.922. The molecule has 0 heterocycles. The molecule has 0 aliphatic heterocycles. The third-order valence-electron chi connectivity index (χ3n) is 4.73. The van der Waals surface area contributed by atoms with Crippen molar-refractivity contribution in [2.75, 3.05) is 5.32 Å². The Hall–Kier alpha value is -4.17. The zero-order valence-corrected chi connectivity index (χ0v) is 19.5. The van der Waals surface area contributed by atoms with Crippen molar-refractivity contribution >= 4 is 39.3 Å². The maximum absolute atomic E-state index is 13.0. The number of carbonyl (C=O) groups excluding carboxylic acids is 1. The molecule has 3 rings (SSSR count). The van der Waals surface area contributed by atoms with Gasteiger partial charge in [-0.25, -0.2) is 0 Å². The van der Waals surface area contributed by atoms with E-state index in [0.29, 0.717) is 22.3 Å². The molecule has 3 aromatic carbocycles. The van der Waals surface area contributed by atoms with Gasteiger partial charge in [0, 0.05) is 21.8 Å². The summed E-state index contributed by atoms with van der Waals surface area (Å²) >= 11 is 3.26. The van der Waals surface area contributed by atoms with Crippen molar-refractivity contribution in [1.29, 1.82) is 5.26 Å². The Morgan fingerprint density at radius 2 is 1.83 bits per heavy atom. The van der Waals surface area contributed by atoms with Crippen molar-refractivity contribution in [3.8, 4) is 17.6 Å². The molecule has 0 fully saturated rings. The van der Waals surface area contributed by atoms with Crippen LogP contribution in [0.1, 0.15) is 16.7 Å². The van der Waals surface area contributed by atoms with E-state index in [9.17, 15) is 33.3 Å². The number of halogens is 4. The van der Waals surface area contributed by atoms with E-state index in [1.807, 2.05) is 0 Å². The summed E-state index contributed by atoms with van der Waals surface area (Å²) in [4.78, 5) is 23.1. The van der Waals surface area contributed by atoms with E-state index < -0.39 is 34.0 Å². The largest absolute Gasteiger partial charge is 0.449 e. The second-order valence-electron chi connectivity index (χ2n) is 7.16. The van der Waals surface area contributed by atoms with E-state index in [2.05, 4.69) is 21.2 Å². The summed E-state index contributed by atoms with van der Waals surface area (Å²) in [5, 5.41) is 23.6. The molecule has 1 amide bonds. The van der Waals surface area contributed by atoms with Crippen LogP contribution in [0.3, 0.4) is 0 Å². The van der Waals surface area contributed by atoms with Crippen molar-refractivity contribution in [1.82, 2.24) is 0 Å². The molecule has 0 bridgehead atoms. The standard InChI is InChI=1S/C24H15BrF3N3O4/c1-14-4-2-3-5-19(14)30-23(32)16(13-29)10-15-11-18(25)7-9-21(15)35-22-8-6-17(24(26,27)28)12-20(22)31(33)34/h2-12H,1H3,(H,30,32)/b16-10+. The summed E-state index contributed by atoms with van der Waals surface area (Å²) in [6.45, 7) is 1.78. The third-order valence-corrected chi connectivity index (χ3v) is 5.23. The van der Waals surface area contributed by atoms with E-state index in [1.165, 1.54) is 24.3 Å². The number of benzene rings is 3. The smallest absolute Gasteiger partial charge is 0.416 e. The number of nitriles is 1. The molecule has 0 atom stereocenters. The predicted octanol–water partition coefficient (Wildman–Crippen LogP) is 7.02. The number of alkyl halides is 3. The van der Waals surface area contributed by atoms with E-state index in [0.717, 1.165) is 11.6 Å². The van der Waals surface area contributed by atoms with Crippen LogP contribution in [-0.4, -0.2) is 10.8 Å². The molecular weight excluding hydrogens is 531 g/mol. The Balaban J connectivity index is 2.00. The van der Waals surface area contributed by atoms with E-state index in [-0.39, 0.29) is 16.9 Å². The molecule has 7 nitrogen and oxygen atoms in total. The number of nitro groups is 1. The number of amides is 1. The summed E-state index contributed by atoms with van der Waals surface area (Å²) in [5.74, 6) is -1.16. The van der Waals surface area contributed by atoms with Gasteiger partial charge in [0.25, 0.3) is 5.91 Å². The number of nitro benzene ring substituents is 1. The zero-order valence-electron chi connectivity index (χ0n) is 17.9. The zero-order chi connectivity index (χ0) is 25.8. The van der Waals surface area contributed by atoms with Crippen molar-refractivity contribution in [2.45, 2.75) is 13.1 Å². The lowest BCUT2D eigenvalue weighted by Gasteiger charge is -2.12. The minimum Gasteiger partial charge on any atom is -0.449 e. The average molecular weight is 546 g/mol. The lowest BCUT2D eigenvalue weighted by molar-refractivity contribution is -0.385. The summed E-state index contributed by atoms with van der Waals surface area (Å²) in [6, 6.07) is 15.0. The Kier molecular flexibility index (Phi) is 7.56. The average Bonchev–Trinajstić information content (AvgIpc) is 2.79. The van der Waals surface area contributed by atoms with Gasteiger partial charge in [0.2, 0.25) is 5.75 Å². The van der Waals surface area contributed by atoms with Crippen LogP contribution in [0.25, 0.3) is 6.08 Å². The van der Waals surface area contributed by atoms with Gasteiger partial charge in [-0.05, 0) is 55.0 Å². The first-order chi connectivity index (χ1) is 16.5. The van der Waals surface area contributed by atoms with Gasteiger partial charge in [0.05, 0.1) is 10.5 Å². The minimum absolute atomic E-state index is 0.0208. The van der Waals surface area contributed by atoms with Crippen LogP contribution < -0.4 is 10.1 Å². The van der Waals surface area contributed by atoms with Gasteiger partial charge in [0.1, 0.15) is 17.4 Å². The topological polar surface area (TPSA) is 105 Å². The van der Waals surface area contributed by atoms with Gasteiger partial charge < -0.3 is 10.1 Å². The molecule has 0 spiro atoms. The lowest BCUT2D eigenvalue weighted by atomic mass is 10.1. The van der Waals surface area contributed by atoms with Crippen molar-refractivity contribution < 1.29 is 27.6 Å². The molecule has 0 unspecified atom stereocenters. The Labute approximate surface area is 205 Å². The molecule has 35 heavy (non-hydrogen) atoms. The maximum Gasteiger partial charge on any atom is 0.416 e. The molecular formula is C24H15BrF3N3O4. The highest BCUT2D eigenvalue weighted by Crippen LogP contribution is 2.39. The number of ether oxygens (including phenoxy) is 1. The number of nitrogens with one attached hydrogen (secondary N) is 1. The number of anilines is 1. The van der Waals surface area contributed by atoms with Crippen molar-refractivity contribution in [3.63, 3.8) is 0 Å². The van der Waals surface area contributed by atoms with Crippen LogP contribution in [0, 0.1) is 28.4 Å². The molecule has 0 aliphatic carbocycles. The Morgan fingerprint density at radius 1 is 1.14 bits per heavy atom. The SMILES string of the molecule is Cc1ccccc1NC(=O)/C(C#N)=C/c1cc(Br)ccc1Oc1ccc(C(F)(F)F)cc1[N+](=O)[O-]. The molecule has 178 valence electrons. The maximum atomic E-state index is 13.0. The first kappa shape index (κ1) is 25.5. The number of aryl methyl sites for hydroxylation is 1. The second kappa shape index (κ2) is 10.4. The number of rotatable bonds is 6. The van der Waals surface area contributed by atoms with Crippen LogP contribution in [0.15, 0.2) is 70.7 Å². The van der Waals surface area contributed by atoms with Gasteiger partial charge in [-0.3, -0.25) is 14.9 Å². The van der Waals surface area contributed by atoms with E-state index in [4.69, 9.17) is 4.74 Å². The molecule has 0 aromatic heterocycles. The van der Waals surface area contributed by atoms with Gasteiger partial charge in [-0.15, -0.1) is 0 Å². The fourth-order valence-corrected chi connectivity index (χ4v) is 3.35. The molecule has 0 radical (unpaired) electrons.